The van der Waals surface area contributed by atoms with Crippen molar-refractivity contribution >= 4 is 11.9 Å². The molecule has 1 heterocycles. The standard InChI is InChI=1S/C15H18FNO4/c16-13-4-2-1-3-11(13)9-14(18)17-7-5-12(6-8-17)21-10-15(19)20/h1-4,12H,5-10H2,(H,19,20). The summed E-state index contributed by atoms with van der Waals surface area (Å²) in [6.07, 6.45) is 1.14. The van der Waals surface area contributed by atoms with Gasteiger partial charge in [-0.2, -0.15) is 0 Å². The van der Waals surface area contributed by atoms with E-state index in [1.165, 1.54) is 6.07 Å². The Hall–Kier alpha value is -1.95. The van der Waals surface area contributed by atoms with E-state index < -0.39 is 5.97 Å². The first-order valence-electron chi connectivity index (χ1n) is 6.91. The van der Waals surface area contributed by atoms with Crippen LogP contribution in [0.15, 0.2) is 24.3 Å². The second-order valence-electron chi connectivity index (χ2n) is 5.05. The van der Waals surface area contributed by atoms with Gasteiger partial charge in [-0.05, 0) is 24.5 Å². The molecule has 0 saturated carbocycles. The van der Waals surface area contributed by atoms with E-state index in [2.05, 4.69) is 0 Å². The number of likely N-dealkylation sites (tertiary alicyclic amines) is 1. The molecule has 2 rings (SSSR count). The summed E-state index contributed by atoms with van der Waals surface area (Å²) in [6, 6.07) is 6.25. The lowest BCUT2D eigenvalue weighted by Gasteiger charge is -2.31. The third kappa shape index (κ3) is 4.53. The lowest BCUT2D eigenvalue weighted by molar-refractivity contribution is -0.146. The van der Waals surface area contributed by atoms with Crippen LogP contribution >= 0.6 is 0 Å². The molecule has 0 spiro atoms. The van der Waals surface area contributed by atoms with Crippen LogP contribution in [0, 0.1) is 5.82 Å². The molecule has 0 aliphatic carbocycles. The van der Waals surface area contributed by atoms with Crippen molar-refractivity contribution in [3.05, 3.63) is 35.6 Å². The molecule has 1 fully saturated rings. The van der Waals surface area contributed by atoms with Crippen molar-refractivity contribution in [1.82, 2.24) is 4.90 Å². The maximum atomic E-state index is 13.5. The smallest absolute Gasteiger partial charge is 0.329 e. The fraction of sp³-hybridized carbons (Fsp3) is 0.467. The Balaban J connectivity index is 1.81. The number of carboxylic acids is 1. The van der Waals surface area contributed by atoms with Crippen LogP contribution in [0.1, 0.15) is 18.4 Å². The van der Waals surface area contributed by atoms with Gasteiger partial charge in [-0.15, -0.1) is 0 Å². The highest BCUT2D eigenvalue weighted by Crippen LogP contribution is 2.16. The number of carbonyl (C=O) groups excluding carboxylic acids is 1. The molecule has 1 aromatic rings. The van der Waals surface area contributed by atoms with Crippen molar-refractivity contribution < 1.29 is 23.8 Å². The first-order valence-corrected chi connectivity index (χ1v) is 6.91. The molecule has 1 aromatic carbocycles. The van der Waals surface area contributed by atoms with E-state index in [4.69, 9.17) is 9.84 Å². The molecular weight excluding hydrogens is 277 g/mol. The van der Waals surface area contributed by atoms with Gasteiger partial charge in [-0.3, -0.25) is 4.79 Å². The van der Waals surface area contributed by atoms with Crippen molar-refractivity contribution in [1.29, 1.82) is 0 Å². The number of aliphatic carboxylic acids is 1. The van der Waals surface area contributed by atoms with Crippen molar-refractivity contribution in [3.63, 3.8) is 0 Å². The molecule has 1 aliphatic rings. The number of hydrogen-bond acceptors (Lipinski definition) is 3. The normalized spacial score (nSPS) is 16.0. The van der Waals surface area contributed by atoms with Gasteiger partial charge in [0, 0.05) is 13.1 Å². The average molecular weight is 295 g/mol. The molecule has 1 amide bonds. The number of halogens is 1. The highest BCUT2D eigenvalue weighted by Gasteiger charge is 2.24. The summed E-state index contributed by atoms with van der Waals surface area (Å²) in [5.41, 5.74) is 0.395. The highest BCUT2D eigenvalue weighted by molar-refractivity contribution is 5.78. The lowest BCUT2D eigenvalue weighted by Crippen LogP contribution is -2.42. The largest absolute Gasteiger partial charge is 0.480 e. The maximum Gasteiger partial charge on any atom is 0.329 e. The molecule has 1 aliphatic heterocycles. The minimum absolute atomic E-state index is 0.0489. The Bertz CT molecular complexity index is 512. The maximum absolute atomic E-state index is 13.5. The molecular formula is C15H18FNO4. The van der Waals surface area contributed by atoms with Gasteiger partial charge in [0.2, 0.25) is 5.91 Å². The van der Waals surface area contributed by atoms with Crippen LogP contribution in [0.4, 0.5) is 4.39 Å². The van der Waals surface area contributed by atoms with E-state index in [-0.39, 0.29) is 30.9 Å². The van der Waals surface area contributed by atoms with Crippen molar-refractivity contribution in [2.24, 2.45) is 0 Å². The Labute approximate surface area is 122 Å². The summed E-state index contributed by atoms with van der Waals surface area (Å²) in [5.74, 6) is -1.48. The number of carboxylic acid groups (broad SMARTS) is 1. The predicted octanol–water partition coefficient (Wildman–Crippen LogP) is 1.46. The van der Waals surface area contributed by atoms with E-state index in [0.717, 1.165) is 0 Å². The number of nitrogens with zero attached hydrogens (tertiary/aromatic N) is 1. The Morgan fingerprint density at radius 2 is 1.95 bits per heavy atom. The second-order valence-corrected chi connectivity index (χ2v) is 5.05. The van der Waals surface area contributed by atoms with Gasteiger partial charge >= 0.3 is 5.97 Å². The third-order valence-electron chi connectivity index (χ3n) is 3.54. The first-order chi connectivity index (χ1) is 10.1. The Morgan fingerprint density at radius 3 is 2.57 bits per heavy atom. The summed E-state index contributed by atoms with van der Waals surface area (Å²) < 4.78 is 18.7. The van der Waals surface area contributed by atoms with Crippen LogP contribution in [0.25, 0.3) is 0 Å². The number of benzene rings is 1. The number of rotatable bonds is 5. The van der Waals surface area contributed by atoms with Gasteiger partial charge in [0.1, 0.15) is 12.4 Å². The van der Waals surface area contributed by atoms with Gasteiger partial charge in [0.25, 0.3) is 0 Å². The summed E-state index contributed by atoms with van der Waals surface area (Å²) >= 11 is 0. The highest BCUT2D eigenvalue weighted by atomic mass is 19.1. The fourth-order valence-electron chi connectivity index (χ4n) is 2.38. The topological polar surface area (TPSA) is 66.8 Å². The zero-order valence-electron chi connectivity index (χ0n) is 11.6. The number of piperidine rings is 1. The number of hydrogen-bond donors (Lipinski definition) is 1. The van der Waals surface area contributed by atoms with E-state index in [0.29, 0.717) is 31.5 Å². The van der Waals surface area contributed by atoms with Crippen LogP contribution in [0.2, 0.25) is 0 Å². The molecule has 1 saturated heterocycles. The molecule has 21 heavy (non-hydrogen) atoms. The monoisotopic (exact) mass is 295 g/mol. The van der Waals surface area contributed by atoms with Crippen molar-refractivity contribution in [2.45, 2.75) is 25.4 Å². The molecule has 0 bridgehead atoms. The second kappa shape index (κ2) is 7.17. The SMILES string of the molecule is O=C(O)COC1CCN(C(=O)Cc2ccccc2F)CC1. The van der Waals surface area contributed by atoms with Gasteiger partial charge in [-0.25, -0.2) is 9.18 Å². The van der Waals surface area contributed by atoms with Gasteiger partial charge in [-0.1, -0.05) is 18.2 Å². The molecule has 1 N–H and O–H groups in total. The summed E-state index contributed by atoms with van der Waals surface area (Å²) in [4.78, 5) is 24.2. The Morgan fingerprint density at radius 1 is 1.29 bits per heavy atom. The van der Waals surface area contributed by atoms with Crippen LogP contribution in [-0.4, -0.2) is 47.7 Å². The zero-order chi connectivity index (χ0) is 15.2. The van der Waals surface area contributed by atoms with Crippen LogP contribution in [0.3, 0.4) is 0 Å². The fourth-order valence-corrected chi connectivity index (χ4v) is 2.38. The molecule has 0 radical (unpaired) electrons. The molecule has 114 valence electrons. The summed E-state index contributed by atoms with van der Waals surface area (Å²) in [6.45, 7) is 0.711. The number of ether oxygens (including phenoxy) is 1. The molecule has 0 atom stereocenters. The number of amides is 1. The van der Waals surface area contributed by atoms with Gasteiger partial charge in [0.05, 0.1) is 12.5 Å². The lowest BCUT2D eigenvalue weighted by atomic mass is 10.1. The van der Waals surface area contributed by atoms with Crippen LogP contribution < -0.4 is 0 Å². The van der Waals surface area contributed by atoms with E-state index in [9.17, 15) is 14.0 Å². The van der Waals surface area contributed by atoms with Gasteiger partial charge in [0.15, 0.2) is 0 Å². The molecule has 5 nitrogen and oxygen atoms in total. The molecule has 0 unspecified atom stereocenters. The zero-order valence-corrected chi connectivity index (χ0v) is 11.6. The predicted molar refractivity (Wildman–Crippen MR) is 73.3 cm³/mol. The quantitative estimate of drug-likeness (QED) is 0.893. The first kappa shape index (κ1) is 15.4. The minimum Gasteiger partial charge on any atom is -0.480 e. The third-order valence-corrected chi connectivity index (χ3v) is 3.54. The van der Waals surface area contributed by atoms with E-state index in [1.807, 2.05) is 0 Å². The summed E-state index contributed by atoms with van der Waals surface area (Å²) in [5, 5.41) is 8.55. The van der Waals surface area contributed by atoms with E-state index in [1.54, 1.807) is 23.1 Å². The van der Waals surface area contributed by atoms with E-state index >= 15 is 0 Å². The van der Waals surface area contributed by atoms with Gasteiger partial charge < -0.3 is 14.7 Å². The molecule has 0 aromatic heterocycles. The summed E-state index contributed by atoms with van der Waals surface area (Å²) in [7, 11) is 0. The van der Waals surface area contributed by atoms with Crippen LogP contribution in [0.5, 0.6) is 0 Å². The Kier molecular flexibility index (Phi) is 5.27. The number of carbonyl (C=O) groups is 2. The van der Waals surface area contributed by atoms with Crippen molar-refractivity contribution in [2.75, 3.05) is 19.7 Å². The average Bonchev–Trinajstić information content (AvgIpc) is 2.48. The molecule has 6 heteroatoms. The minimum atomic E-state index is -0.993. The van der Waals surface area contributed by atoms with Crippen LogP contribution in [-0.2, 0) is 20.7 Å². The van der Waals surface area contributed by atoms with Crippen molar-refractivity contribution in [3.8, 4) is 0 Å².